The first kappa shape index (κ1) is 19.1. The van der Waals surface area contributed by atoms with E-state index in [0.29, 0.717) is 13.1 Å². The van der Waals surface area contributed by atoms with E-state index in [1.54, 1.807) is 0 Å². The summed E-state index contributed by atoms with van der Waals surface area (Å²) in [5.74, 6) is -0.998. The molecule has 0 radical (unpaired) electrons. The van der Waals surface area contributed by atoms with Crippen LogP contribution < -0.4 is 9.47 Å². The predicted octanol–water partition coefficient (Wildman–Crippen LogP) is 3.94. The second-order valence-corrected chi connectivity index (χ2v) is 5.11. The second-order valence-electron chi connectivity index (χ2n) is 4.33. The van der Waals surface area contributed by atoms with Crippen LogP contribution in [0, 0.1) is 0 Å². The van der Waals surface area contributed by atoms with Crippen molar-refractivity contribution in [1.82, 2.24) is 4.90 Å². The molecule has 0 spiro atoms. The van der Waals surface area contributed by atoms with Crippen LogP contribution >= 0.6 is 23.2 Å². The number of carboxylic acid groups (broad SMARTS) is 1. The number of carbonyl (C=O) groups is 2. The van der Waals surface area contributed by atoms with Crippen LogP contribution in [0.2, 0.25) is 10.0 Å². The number of hydrogen-bond donors (Lipinski definition) is 1. The molecule has 6 nitrogen and oxygen atoms in total. The van der Waals surface area contributed by atoms with Gasteiger partial charge in [0.1, 0.15) is 0 Å². The molecule has 0 saturated carbocycles. The highest BCUT2D eigenvalue weighted by molar-refractivity contribution is 6.43. The zero-order valence-corrected chi connectivity index (χ0v) is 14.4. The van der Waals surface area contributed by atoms with Gasteiger partial charge in [0.05, 0.1) is 17.2 Å². The van der Waals surface area contributed by atoms with Crippen LogP contribution in [-0.2, 0) is 4.79 Å². The molecule has 23 heavy (non-hydrogen) atoms. The van der Waals surface area contributed by atoms with Crippen molar-refractivity contribution in [2.75, 3.05) is 20.2 Å². The molecule has 0 saturated heterocycles. The number of benzene rings is 1. The van der Waals surface area contributed by atoms with Crippen LogP contribution in [0.1, 0.15) is 19.4 Å². The maximum Gasteiger partial charge on any atom is 0.415 e. The smallest absolute Gasteiger partial charge is 0.415 e. The number of halogens is 2. The molecular formula is C15H17Cl2NO5. The fourth-order valence-electron chi connectivity index (χ4n) is 1.80. The SMILES string of the molecule is CCN(CC)C(=O)Oc1c(OC)cc(Cl)c(Cl)c1/C=C/C(=O)O. The number of aliphatic carboxylic acids is 1. The van der Waals surface area contributed by atoms with Gasteiger partial charge in [0.15, 0.2) is 11.5 Å². The molecule has 0 fully saturated rings. The first-order chi connectivity index (χ1) is 10.8. The molecule has 0 aromatic heterocycles. The molecule has 126 valence electrons. The number of hydrogen-bond acceptors (Lipinski definition) is 4. The van der Waals surface area contributed by atoms with E-state index in [0.717, 1.165) is 6.08 Å². The topological polar surface area (TPSA) is 76.1 Å². The summed E-state index contributed by atoms with van der Waals surface area (Å²) in [4.78, 5) is 24.4. The van der Waals surface area contributed by atoms with Crippen molar-refractivity contribution in [1.29, 1.82) is 0 Å². The van der Waals surface area contributed by atoms with Crippen LogP contribution in [0.3, 0.4) is 0 Å². The van der Waals surface area contributed by atoms with Gasteiger partial charge >= 0.3 is 12.1 Å². The van der Waals surface area contributed by atoms with E-state index in [1.165, 1.54) is 24.2 Å². The Kier molecular flexibility index (Phi) is 7.19. The summed E-state index contributed by atoms with van der Waals surface area (Å²) in [7, 11) is 1.37. The lowest BCUT2D eigenvalue weighted by Gasteiger charge is -2.20. The summed E-state index contributed by atoms with van der Waals surface area (Å²) < 4.78 is 10.5. The van der Waals surface area contributed by atoms with Gasteiger partial charge in [0.2, 0.25) is 0 Å². The van der Waals surface area contributed by atoms with Gasteiger partial charge in [-0.3, -0.25) is 0 Å². The minimum absolute atomic E-state index is 0.0105. The number of methoxy groups -OCH3 is 1. The van der Waals surface area contributed by atoms with E-state index in [1.807, 2.05) is 13.8 Å². The third-order valence-electron chi connectivity index (χ3n) is 3.00. The van der Waals surface area contributed by atoms with Gasteiger partial charge in [-0.1, -0.05) is 23.2 Å². The molecule has 1 amide bonds. The summed E-state index contributed by atoms with van der Waals surface area (Å²) in [6.07, 6.45) is 1.46. The Morgan fingerprint density at radius 1 is 1.30 bits per heavy atom. The van der Waals surface area contributed by atoms with E-state index in [2.05, 4.69) is 0 Å². The predicted molar refractivity (Wildman–Crippen MR) is 88.6 cm³/mol. The second kappa shape index (κ2) is 8.64. The quantitative estimate of drug-likeness (QED) is 0.776. The van der Waals surface area contributed by atoms with Crippen molar-refractivity contribution in [2.24, 2.45) is 0 Å². The fourth-order valence-corrected chi connectivity index (χ4v) is 2.20. The highest BCUT2D eigenvalue weighted by Crippen LogP contribution is 2.42. The lowest BCUT2D eigenvalue weighted by Crippen LogP contribution is -2.33. The molecule has 0 atom stereocenters. The first-order valence-corrected chi connectivity index (χ1v) is 7.54. The summed E-state index contributed by atoms with van der Waals surface area (Å²) in [6.45, 7) is 4.53. The highest BCUT2D eigenvalue weighted by Gasteiger charge is 2.21. The van der Waals surface area contributed by atoms with Crippen LogP contribution in [0.15, 0.2) is 12.1 Å². The fraction of sp³-hybridized carbons (Fsp3) is 0.333. The standard InChI is InChI=1S/C15H17Cl2NO5/c1-4-18(5-2)15(21)23-14-9(6-7-12(19)20)13(17)10(16)8-11(14)22-3/h6-8H,4-5H2,1-3H3,(H,19,20)/b7-6+. The molecular weight excluding hydrogens is 345 g/mol. The Morgan fingerprint density at radius 2 is 1.91 bits per heavy atom. The summed E-state index contributed by atoms with van der Waals surface area (Å²) in [5.41, 5.74) is 0.152. The zero-order valence-electron chi connectivity index (χ0n) is 12.9. The van der Waals surface area contributed by atoms with E-state index in [4.69, 9.17) is 37.8 Å². The molecule has 0 unspecified atom stereocenters. The van der Waals surface area contributed by atoms with Crippen molar-refractivity contribution in [3.63, 3.8) is 0 Å². The number of amides is 1. The summed E-state index contributed by atoms with van der Waals surface area (Å²) in [5, 5.41) is 9.00. The van der Waals surface area contributed by atoms with Crippen molar-refractivity contribution >= 4 is 41.3 Å². The van der Waals surface area contributed by atoms with Gasteiger partial charge in [-0.2, -0.15) is 0 Å². The van der Waals surface area contributed by atoms with Crippen LogP contribution in [0.5, 0.6) is 11.5 Å². The Hall–Kier alpha value is -1.92. The Bertz CT molecular complexity index is 627. The minimum atomic E-state index is -1.18. The van der Waals surface area contributed by atoms with E-state index < -0.39 is 12.1 Å². The van der Waals surface area contributed by atoms with Crippen molar-refractivity contribution < 1.29 is 24.2 Å². The molecule has 1 aromatic rings. The molecule has 8 heteroatoms. The van der Waals surface area contributed by atoms with Gasteiger partial charge in [-0.15, -0.1) is 0 Å². The van der Waals surface area contributed by atoms with Gasteiger partial charge in [0.25, 0.3) is 0 Å². The molecule has 1 aromatic carbocycles. The number of ether oxygens (including phenoxy) is 2. The van der Waals surface area contributed by atoms with Gasteiger partial charge in [0, 0.05) is 30.8 Å². The maximum atomic E-state index is 12.2. The number of carboxylic acids is 1. The van der Waals surface area contributed by atoms with E-state index in [-0.39, 0.29) is 27.1 Å². The summed E-state index contributed by atoms with van der Waals surface area (Å²) in [6, 6.07) is 1.40. The minimum Gasteiger partial charge on any atom is -0.493 e. The molecule has 0 aliphatic heterocycles. The Balaban J connectivity index is 3.39. The van der Waals surface area contributed by atoms with Crippen molar-refractivity contribution in [3.8, 4) is 11.5 Å². The number of carbonyl (C=O) groups excluding carboxylic acids is 1. The van der Waals surface area contributed by atoms with Gasteiger partial charge in [-0.25, -0.2) is 9.59 Å². The zero-order chi connectivity index (χ0) is 17.6. The Labute approximate surface area is 144 Å². The largest absolute Gasteiger partial charge is 0.493 e. The first-order valence-electron chi connectivity index (χ1n) is 6.79. The van der Waals surface area contributed by atoms with E-state index in [9.17, 15) is 9.59 Å². The van der Waals surface area contributed by atoms with Crippen LogP contribution in [-0.4, -0.2) is 42.3 Å². The average molecular weight is 362 g/mol. The van der Waals surface area contributed by atoms with E-state index >= 15 is 0 Å². The monoisotopic (exact) mass is 361 g/mol. The molecule has 0 aliphatic rings. The third-order valence-corrected chi connectivity index (χ3v) is 3.80. The Morgan fingerprint density at radius 3 is 2.39 bits per heavy atom. The molecule has 0 bridgehead atoms. The lowest BCUT2D eigenvalue weighted by atomic mass is 10.1. The summed E-state index contributed by atoms with van der Waals surface area (Å²) >= 11 is 12.1. The van der Waals surface area contributed by atoms with Crippen LogP contribution in [0.25, 0.3) is 6.08 Å². The normalized spacial score (nSPS) is 10.7. The molecule has 0 aliphatic carbocycles. The van der Waals surface area contributed by atoms with Crippen LogP contribution in [0.4, 0.5) is 4.79 Å². The number of rotatable bonds is 6. The molecule has 1 rings (SSSR count). The maximum absolute atomic E-state index is 12.2. The molecule has 0 heterocycles. The van der Waals surface area contributed by atoms with Crippen molar-refractivity contribution in [2.45, 2.75) is 13.8 Å². The molecule has 1 N–H and O–H groups in total. The van der Waals surface area contributed by atoms with Gasteiger partial charge < -0.3 is 19.5 Å². The third kappa shape index (κ3) is 4.77. The average Bonchev–Trinajstić information content (AvgIpc) is 2.51. The van der Waals surface area contributed by atoms with Gasteiger partial charge in [-0.05, 0) is 19.9 Å². The number of nitrogens with zero attached hydrogens (tertiary/aromatic N) is 1. The van der Waals surface area contributed by atoms with Crippen molar-refractivity contribution in [3.05, 3.63) is 27.8 Å². The lowest BCUT2D eigenvalue weighted by molar-refractivity contribution is -0.131. The highest BCUT2D eigenvalue weighted by atomic mass is 35.5.